The molecule has 1 aromatic heterocycles. The van der Waals surface area contributed by atoms with Crippen molar-refractivity contribution in [3.05, 3.63) is 63.4 Å². The predicted molar refractivity (Wildman–Crippen MR) is 84.7 cm³/mol. The molecule has 0 atom stereocenters. The Morgan fingerprint density at radius 3 is 2.71 bits per heavy atom. The molecule has 0 unspecified atom stereocenters. The maximum atomic E-state index is 11.7. The summed E-state index contributed by atoms with van der Waals surface area (Å²) in [5.41, 5.74) is 3.86. The Balaban J connectivity index is 2.30. The molecule has 0 saturated heterocycles. The molecule has 0 radical (unpaired) electrons. The summed E-state index contributed by atoms with van der Waals surface area (Å²) >= 11 is 1.59. The van der Waals surface area contributed by atoms with Gasteiger partial charge in [-0.25, -0.2) is 4.79 Å². The lowest BCUT2D eigenvalue weighted by Crippen LogP contribution is -1.99. The van der Waals surface area contributed by atoms with Gasteiger partial charge in [0.2, 0.25) is 0 Å². The number of carbonyl (C=O) groups is 1. The molecule has 3 nitrogen and oxygen atoms in total. The zero-order chi connectivity index (χ0) is 14.8. The summed E-state index contributed by atoms with van der Waals surface area (Å²) in [5, 5.41) is 2.00. The number of hydrogen-bond donors (Lipinski definition) is 0. The topological polar surface area (TPSA) is 35.5 Å². The largest absolute Gasteiger partial charge is 0.495 e. The van der Waals surface area contributed by atoms with Crippen LogP contribution in [0.1, 0.15) is 21.6 Å². The van der Waals surface area contributed by atoms with Gasteiger partial charge in [0.25, 0.3) is 0 Å². The van der Waals surface area contributed by atoms with Crippen LogP contribution in [0, 0.1) is 0 Å². The molecule has 106 valence electrons. The van der Waals surface area contributed by atoms with Crippen LogP contribution in [0.3, 0.4) is 0 Å². The number of ether oxygens (including phenoxy) is 2. The van der Waals surface area contributed by atoms with E-state index in [2.05, 4.69) is 0 Å². The van der Waals surface area contributed by atoms with Crippen molar-refractivity contribution in [1.29, 1.82) is 0 Å². The van der Waals surface area contributed by atoms with E-state index in [-0.39, 0.29) is 5.97 Å². The highest BCUT2D eigenvalue weighted by molar-refractivity contribution is 7.11. The summed E-state index contributed by atoms with van der Waals surface area (Å²) in [6.07, 6.45) is 3.54. The van der Waals surface area contributed by atoms with E-state index in [1.54, 1.807) is 18.4 Å². The molecule has 2 aromatic rings. The van der Waals surface area contributed by atoms with Gasteiger partial charge in [-0.3, -0.25) is 0 Å². The van der Waals surface area contributed by atoms with Crippen LogP contribution in [0.15, 0.2) is 41.8 Å². The van der Waals surface area contributed by atoms with Crippen molar-refractivity contribution in [2.45, 2.75) is 0 Å². The van der Waals surface area contributed by atoms with Gasteiger partial charge in [0.15, 0.2) is 0 Å². The first-order valence-corrected chi connectivity index (χ1v) is 7.35. The van der Waals surface area contributed by atoms with Gasteiger partial charge in [-0.05, 0) is 34.2 Å². The third kappa shape index (κ3) is 2.38. The smallest absolute Gasteiger partial charge is 0.331 e. The van der Waals surface area contributed by atoms with Crippen LogP contribution in [0.25, 0.3) is 17.4 Å². The number of rotatable bonds is 2. The first kappa shape index (κ1) is 13.6. The number of fused-ring (bicyclic) bond motifs is 2. The summed E-state index contributed by atoms with van der Waals surface area (Å²) in [7, 11) is 3.04. The highest BCUT2D eigenvalue weighted by Crippen LogP contribution is 2.40. The van der Waals surface area contributed by atoms with Crippen LogP contribution in [0.5, 0.6) is 0 Å². The van der Waals surface area contributed by atoms with Crippen LogP contribution < -0.4 is 0 Å². The first-order valence-electron chi connectivity index (χ1n) is 6.47. The third-order valence-electron chi connectivity index (χ3n) is 3.40. The Labute approximate surface area is 127 Å². The van der Waals surface area contributed by atoms with Crippen molar-refractivity contribution >= 4 is 34.7 Å². The second-order valence-electron chi connectivity index (χ2n) is 4.54. The van der Waals surface area contributed by atoms with E-state index >= 15 is 0 Å². The minimum Gasteiger partial charge on any atom is -0.495 e. The zero-order valence-electron chi connectivity index (χ0n) is 11.8. The van der Waals surface area contributed by atoms with Gasteiger partial charge in [-0.2, -0.15) is 0 Å². The maximum Gasteiger partial charge on any atom is 0.331 e. The summed E-state index contributed by atoms with van der Waals surface area (Å²) in [6.45, 7) is 0. The Bertz CT molecular complexity index is 753. The summed E-state index contributed by atoms with van der Waals surface area (Å²) in [6, 6.07) is 9.94. The quantitative estimate of drug-likeness (QED) is 0.625. The molecular weight excluding hydrogens is 284 g/mol. The van der Waals surface area contributed by atoms with E-state index in [1.165, 1.54) is 13.2 Å². The fraction of sp³-hybridized carbons (Fsp3) is 0.118. The highest BCUT2D eigenvalue weighted by atomic mass is 32.1. The SMILES string of the molecule is COC(=O)C=C1c2ccccc2C=C(OC)c2sccc21. The minimum atomic E-state index is -0.363. The molecule has 4 heteroatoms. The van der Waals surface area contributed by atoms with E-state index in [1.807, 2.05) is 41.8 Å². The number of esters is 1. The lowest BCUT2D eigenvalue weighted by atomic mass is 9.96. The van der Waals surface area contributed by atoms with Crippen LogP contribution in [0.4, 0.5) is 0 Å². The molecule has 3 rings (SSSR count). The van der Waals surface area contributed by atoms with Gasteiger partial charge in [-0.1, -0.05) is 24.3 Å². The molecule has 1 aliphatic rings. The Morgan fingerprint density at radius 2 is 1.95 bits per heavy atom. The number of methoxy groups -OCH3 is 2. The van der Waals surface area contributed by atoms with Gasteiger partial charge in [0.1, 0.15) is 5.76 Å². The maximum absolute atomic E-state index is 11.7. The van der Waals surface area contributed by atoms with Gasteiger partial charge >= 0.3 is 5.97 Å². The second kappa shape index (κ2) is 5.58. The summed E-state index contributed by atoms with van der Waals surface area (Å²) in [4.78, 5) is 12.8. The van der Waals surface area contributed by atoms with Crippen LogP contribution in [-0.2, 0) is 14.3 Å². The van der Waals surface area contributed by atoms with Crippen molar-refractivity contribution in [3.8, 4) is 0 Å². The van der Waals surface area contributed by atoms with Crippen molar-refractivity contribution in [1.82, 2.24) is 0 Å². The van der Waals surface area contributed by atoms with E-state index < -0.39 is 0 Å². The lowest BCUT2D eigenvalue weighted by Gasteiger charge is -2.08. The molecule has 1 aromatic carbocycles. The second-order valence-corrected chi connectivity index (χ2v) is 5.46. The molecule has 0 N–H and O–H groups in total. The average molecular weight is 298 g/mol. The molecule has 0 fully saturated rings. The van der Waals surface area contributed by atoms with Gasteiger partial charge in [0, 0.05) is 11.6 Å². The molecular formula is C17H14O3S. The van der Waals surface area contributed by atoms with E-state index in [4.69, 9.17) is 9.47 Å². The fourth-order valence-corrected chi connectivity index (χ4v) is 3.32. The number of benzene rings is 1. The average Bonchev–Trinajstić information content (AvgIpc) is 2.95. The van der Waals surface area contributed by atoms with Crippen molar-refractivity contribution in [3.63, 3.8) is 0 Å². The van der Waals surface area contributed by atoms with Gasteiger partial charge in [-0.15, -0.1) is 11.3 Å². The van der Waals surface area contributed by atoms with Crippen LogP contribution >= 0.6 is 11.3 Å². The normalized spacial score (nSPS) is 14.8. The lowest BCUT2D eigenvalue weighted by molar-refractivity contribution is -0.134. The van der Waals surface area contributed by atoms with E-state index in [0.717, 1.165) is 32.9 Å². The fourth-order valence-electron chi connectivity index (χ4n) is 2.42. The molecule has 0 amide bonds. The first-order chi connectivity index (χ1) is 10.2. The van der Waals surface area contributed by atoms with Crippen LogP contribution in [-0.4, -0.2) is 20.2 Å². The molecule has 21 heavy (non-hydrogen) atoms. The molecule has 0 bridgehead atoms. The standard InChI is InChI=1S/C17H14O3S/c1-19-15-9-11-5-3-4-6-12(11)14(10-16(18)20-2)13-7-8-21-17(13)15/h3-10H,1-2H3. The predicted octanol–water partition coefficient (Wildman–Crippen LogP) is 3.81. The van der Waals surface area contributed by atoms with Gasteiger partial charge in [0.05, 0.1) is 19.1 Å². The molecule has 0 aliphatic heterocycles. The number of carbonyl (C=O) groups excluding carboxylic acids is 1. The minimum absolute atomic E-state index is 0.363. The monoisotopic (exact) mass is 298 g/mol. The number of hydrogen-bond acceptors (Lipinski definition) is 4. The van der Waals surface area contributed by atoms with E-state index in [0.29, 0.717) is 0 Å². The van der Waals surface area contributed by atoms with Gasteiger partial charge < -0.3 is 9.47 Å². The Kier molecular flexibility index (Phi) is 3.62. The molecule has 1 aliphatic carbocycles. The summed E-state index contributed by atoms with van der Waals surface area (Å²) in [5.74, 6) is 0.443. The molecule has 0 spiro atoms. The molecule has 0 saturated carbocycles. The zero-order valence-corrected chi connectivity index (χ0v) is 12.6. The third-order valence-corrected chi connectivity index (χ3v) is 4.33. The highest BCUT2D eigenvalue weighted by Gasteiger charge is 2.21. The molecule has 1 heterocycles. The van der Waals surface area contributed by atoms with Crippen LogP contribution in [0.2, 0.25) is 0 Å². The van der Waals surface area contributed by atoms with E-state index in [9.17, 15) is 4.79 Å². The van der Waals surface area contributed by atoms with Crippen molar-refractivity contribution < 1.29 is 14.3 Å². The number of thiophene rings is 1. The van der Waals surface area contributed by atoms with Crippen molar-refractivity contribution in [2.24, 2.45) is 0 Å². The summed E-state index contributed by atoms with van der Waals surface area (Å²) < 4.78 is 10.3. The Morgan fingerprint density at radius 1 is 1.14 bits per heavy atom. The van der Waals surface area contributed by atoms with Crippen molar-refractivity contribution in [2.75, 3.05) is 14.2 Å². The Hall–Kier alpha value is -2.33.